The second-order valence-electron chi connectivity index (χ2n) is 2.91. The number of benzene rings is 1. The smallest absolute Gasteiger partial charge is 0.119 e. The fraction of sp³-hybridized carbons (Fsp3) is 0.273. The van der Waals surface area contributed by atoms with E-state index in [2.05, 4.69) is 6.58 Å². The molecule has 2 heteroatoms. The minimum Gasteiger partial charge on any atom is -0.497 e. The molecule has 0 aliphatic rings. The van der Waals surface area contributed by atoms with Crippen molar-refractivity contribution in [2.75, 3.05) is 7.11 Å². The third-order valence-electron chi connectivity index (χ3n) is 1.94. The lowest BCUT2D eigenvalue weighted by molar-refractivity contribution is 0.414. The first-order valence-corrected chi connectivity index (χ1v) is 4.28. The van der Waals surface area contributed by atoms with Crippen LogP contribution in [0.2, 0.25) is 0 Å². The summed E-state index contributed by atoms with van der Waals surface area (Å²) in [5, 5.41) is 0. The SMILES string of the molecule is C=CCC(N)c1cccc(OC)c1. The molecule has 13 heavy (non-hydrogen) atoms. The Kier molecular flexibility index (Phi) is 3.53. The quantitative estimate of drug-likeness (QED) is 0.716. The largest absolute Gasteiger partial charge is 0.497 e. The second-order valence-corrected chi connectivity index (χ2v) is 2.91. The van der Waals surface area contributed by atoms with Gasteiger partial charge in [-0.25, -0.2) is 0 Å². The van der Waals surface area contributed by atoms with Crippen LogP contribution in [0.1, 0.15) is 18.0 Å². The van der Waals surface area contributed by atoms with Crippen molar-refractivity contribution < 1.29 is 4.74 Å². The van der Waals surface area contributed by atoms with Gasteiger partial charge in [-0.05, 0) is 24.1 Å². The summed E-state index contributed by atoms with van der Waals surface area (Å²) in [5.74, 6) is 0.844. The molecule has 0 fully saturated rings. The van der Waals surface area contributed by atoms with Crippen molar-refractivity contribution in [1.29, 1.82) is 0 Å². The van der Waals surface area contributed by atoms with E-state index in [0.29, 0.717) is 0 Å². The van der Waals surface area contributed by atoms with Crippen LogP contribution in [-0.4, -0.2) is 7.11 Å². The first-order chi connectivity index (χ1) is 6.27. The Morgan fingerprint density at radius 1 is 1.62 bits per heavy atom. The van der Waals surface area contributed by atoms with Crippen molar-refractivity contribution >= 4 is 0 Å². The van der Waals surface area contributed by atoms with Crippen molar-refractivity contribution in [2.45, 2.75) is 12.5 Å². The minimum atomic E-state index is 0.0209. The van der Waals surface area contributed by atoms with E-state index in [1.165, 1.54) is 0 Å². The number of nitrogens with two attached hydrogens (primary N) is 1. The van der Waals surface area contributed by atoms with Crippen LogP contribution >= 0.6 is 0 Å². The monoisotopic (exact) mass is 177 g/mol. The number of methoxy groups -OCH3 is 1. The van der Waals surface area contributed by atoms with Crippen molar-refractivity contribution in [3.05, 3.63) is 42.5 Å². The minimum absolute atomic E-state index is 0.0209. The third kappa shape index (κ3) is 2.60. The van der Waals surface area contributed by atoms with E-state index in [9.17, 15) is 0 Å². The summed E-state index contributed by atoms with van der Waals surface area (Å²) >= 11 is 0. The Balaban J connectivity index is 2.81. The first-order valence-electron chi connectivity index (χ1n) is 4.28. The summed E-state index contributed by atoms with van der Waals surface area (Å²) in [5.41, 5.74) is 6.98. The maximum absolute atomic E-state index is 5.90. The van der Waals surface area contributed by atoms with Crippen LogP contribution in [0.25, 0.3) is 0 Å². The van der Waals surface area contributed by atoms with Crippen LogP contribution in [0.15, 0.2) is 36.9 Å². The van der Waals surface area contributed by atoms with E-state index >= 15 is 0 Å². The maximum Gasteiger partial charge on any atom is 0.119 e. The zero-order valence-corrected chi connectivity index (χ0v) is 7.86. The van der Waals surface area contributed by atoms with E-state index in [4.69, 9.17) is 10.5 Å². The molecule has 2 nitrogen and oxygen atoms in total. The van der Waals surface area contributed by atoms with Crippen LogP contribution in [0, 0.1) is 0 Å². The molecule has 0 saturated carbocycles. The number of hydrogen-bond donors (Lipinski definition) is 1. The fourth-order valence-corrected chi connectivity index (χ4v) is 1.19. The van der Waals surface area contributed by atoms with Gasteiger partial charge in [0.15, 0.2) is 0 Å². The molecule has 0 aliphatic carbocycles. The summed E-state index contributed by atoms with van der Waals surface area (Å²) in [6.45, 7) is 3.66. The first kappa shape index (κ1) is 9.81. The Hall–Kier alpha value is -1.28. The Morgan fingerprint density at radius 3 is 3.00 bits per heavy atom. The highest BCUT2D eigenvalue weighted by atomic mass is 16.5. The van der Waals surface area contributed by atoms with Gasteiger partial charge < -0.3 is 10.5 Å². The topological polar surface area (TPSA) is 35.2 Å². The molecular weight excluding hydrogens is 162 g/mol. The van der Waals surface area contributed by atoms with E-state index in [1.807, 2.05) is 30.3 Å². The average molecular weight is 177 g/mol. The normalized spacial score (nSPS) is 12.2. The van der Waals surface area contributed by atoms with Crippen LogP contribution in [-0.2, 0) is 0 Å². The predicted octanol–water partition coefficient (Wildman–Crippen LogP) is 2.27. The van der Waals surface area contributed by atoms with Gasteiger partial charge in [0.05, 0.1) is 7.11 Å². The molecule has 0 amide bonds. The van der Waals surface area contributed by atoms with Gasteiger partial charge in [-0.2, -0.15) is 0 Å². The molecule has 0 radical (unpaired) electrons. The maximum atomic E-state index is 5.90. The lowest BCUT2D eigenvalue weighted by Gasteiger charge is -2.10. The molecule has 0 bridgehead atoms. The van der Waals surface area contributed by atoms with Crippen molar-refractivity contribution in [3.8, 4) is 5.75 Å². The highest BCUT2D eigenvalue weighted by molar-refractivity contribution is 5.30. The van der Waals surface area contributed by atoms with Crippen LogP contribution in [0.5, 0.6) is 5.75 Å². The zero-order chi connectivity index (χ0) is 9.68. The molecule has 0 aromatic heterocycles. The Morgan fingerprint density at radius 2 is 2.38 bits per heavy atom. The lowest BCUT2D eigenvalue weighted by Crippen LogP contribution is -2.08. The van der Waals surface area contributed by atoms with E-state index in [1.54, 1.807) is 7.11 Å². The summed E-state index contributed by atoms with van der Waals surface area (Å²) < 4.78 is 5.10. The van der Waals surface area contributed by atoms with E-state index in [0.717, 1.165) is 17.7 Å². The summed E-state index contributed by atoms with van der Waals surface area (Å²) in [4.78, 5) is 0. The summed E-state index contributed by atoms with van der Waals surface area (Å²) in [6.07, 6.45) is 2.61. The summed E-state index contributed by atoms with van der Waals surface area (Å²) in [7, 11) is 1.65. The molecule has 70 valence electrons. The van der Waals surface area contributed by atoms with E-state index < -0.39 is 0 Å². The van der Waals surface area contributed by atoms with Gasteiger partial charge in [0.2, 0.25) is 0 Å². The van der Waals surface area contributed by atoms with Crippen molar-refractivity contribution in [2.24, 2.45) is 5.73 Å². The molecular formula is C11H15NO. The number of hydrogen-bond acceptors (Lipinski definition) is 2. The van der Waals surface area contributed by atoms with Crippen LogP contribution < -0.4 is 10.5 Å². The van der Waals surface area contributed by atoms with Gasteiger partial charge in [-0.1, -0.05) is 18.2 Å². The molecule has 1 unspecified atom stereocenters. The van der Waals surface area contributed by atoms with Gasteiger partial charge >= 0.3 is 0 Å². The molecule has 0 spiro atoms. The lowest BCUT2D eigenvalue weighted by atomic mass is 10.0. The third-order valence-corrected chi connectivity index (χ3v) is 1.94. The van der Waals surface area contributed by atoms with Gasteiger partial charge in [0.1, 0.15) is 5.75 Å². The number of ether oxygens (including phenoxy) is 1. The molecule has 0 heterocycles. The van der Waals surface area contributed by atoms with Gasteiger partial charge in [0.25, 0.3) is 0 Å². The van der Waals surface area contributed by atoms with Crippen molar-refractivity contribution in [3.63, 3.8) is 0 Å². The standard InChI is InChI=1S/C11H15NO/c1-3-5-11(12)9-6-4-7-10(8-9)13-2/h3-4,6-8,11H,1,5,12H2,2H3. The molecule has 0 aliphatic heterocycles. The molecule has 1 aromatic rings. The fourth-order valence-electron chi connectivity index (χ4n) is 1.19. The Bertz CT molecular complexity index is 283. The average Bonchev–Trinajstić information content (AvgIpc) is 2.18. The van der Waals surface area contributed by atoms with Gasteiger partial charge in [0, 0.05) is 6.04 Å². The molecule has 2 N–H and O–H groups in total. The highest BCUT2D eigenvalue weighted by Gasteiger charge is 2.03. The molecule has 1 aromatic carbocycles. The zero-order valence-electron chi connectivity index (χ0n) is 7.86. The second kappa shape index (κ2) is 4.67. The van der Waals surface area contributed by atoms with Crippen LogP contribution in [0.3, 0.4) is 0 Å². The van der Waals surface area contributed by atoms with Gasteiger partial charge in [-0.3, -0.25) is 0 Å². The van der Waals surface area contributed by atoms with Crippen LogP contribution in [0.4, 0.5) is 0 Å². The van der Waals surface area contributed by atoms with E-state index in [-0.39, 0.29) is 6.04 Å². The Labute approximate surface area is 79.0 Å². The highest BCUT2D eigenvalue weighted by Crippen LogP contribution is 2.19. The predicted molar refractivity (Wildman–Crippen MR) is 54.7 cm³/mol. The molecule has 0 saturated heterocycles. The molecule has 1 atom stereocenters. The molecule has 1 rings (SSSR count). The summed E-state index contributed by atoms with van der Waals surface area (Å²) in [6, 6.07) is 7.82. The van der Waals surface area contributed by atoms with Gasteiger partial charge in [-0.15, -0.1) is 6.58 Å². The van der Waals surface area contributed by atoms with Crippen molar-refractivity contribution in [1.82, 2.24) is 0 Å². The number of rotatable bonds is 4.